The zero-order valence-corrected chi connectivity index (χ0v) is 16.7. The highest BCUT2D eigenvalue weighted by molar-refractivity contribution is 9.12. The maximum Gasteiger partial charge on any atom is 0.161 e. The van der Waals surface area contributed by atoms with Gasteiger partial charge >= 0.3 is 0 Å². The van der Waals surface area contributed by atoms with Gasteiger partial charge in [-0.15, -0.1) is 11.3 Å². The lowest BCUT2D eigenvalue weighted by molar-refractivity contribution is 0.354. The quantitative estimate of drug-likeness (QED) is 0.489. The number of methoxy groups -OCH3 is 2. The number of halogens is 3. The Kier molecular flexibility index (Phi) is 5.56. The predicted octanol–water partition coefficient (Wildman–Crippen LogP) is 6.08. The molecule has 0 fully saturated rings. The summed E-state index contributed by atoms with van der Waals surface area (Å²) in [6.45, 7) is 2.07. The fraction of sp³-hybridized carbons (Fsp3) is 0.286. The summed E-state index contributed by atoms with van der Waals surface area (Å²) in [5.41, 5.74) is 3.50. The van der Waals surface area contributed by atoms with Gasteiger partial charge in [0.2, 0.25) is 0 Å². The van der Waals surface area contributed by atoms with Crippen molar-refractivity contribution in [1.29, 1.82) is 0 Å². The van der Waals surface area contributed by atoms with E-state index in [4.69, 9.17) is 9.47 Å². The number of aryl methyl sites for hydroxylation is 1. The van der Waals surface area contributed by atoms with Crippen LogP contribution >= 0.6 is 59.1 Å². The van der Waals surface area contributed by atoms with E-state index in [1.807, 2.05) is 12.1 Å². The van der Waals surface area contributed by atoms with Crippen molar-refractivity contribution in [2.75, 3.05) is 14.2 Å². The van der Waals surface area contributed by atoms with E-state index in [1.54, 1.807) is 25.6 Å². The van der Waals surface area contributed by atoms with Gasteiger partial charge in [-0.05, 0) is 73.7 Å². The Hall–Kier alpha value is -0.0400. The van der Waals surface area contributed by atoms with Crippen molar-refractivity contribution in [3.8, 4) is 11.5 Å². The van der Waals surface area contributed by atoms with E-state index in [9.17, 15) is 0 Å². The molecule has 1 unspecified atom stereocenters. The van der Waals surface area contributed by atoms with E-state index in [0.717, 1.165) is 30.2 Å². The average molecular weight is 485 g/mol. The molecule has 0 N–H and O–H groups in total. The average Bonchev–Trinajstić information content (AvgIpc) is 2.76. The van der Waals surface area contributed by atoms with E-state index >= 15 is 0 Å². The van der Waals surface area contributed by atoms with E-state index in [-0.39, 0.29) is 4.83 Å². The molecule has 0 amide bonds. The molecule has 0 aliphatic heterocycles. The SMILES string of the molecule is COc1cc(C)c(C(Br)c2cc(Br)sc2Br)cc1OC. The molecule has 0 saturated heterocycles. The highest BCUT2D eigenvalue weighted by atomic mass is 79.9. The van der Waals surface area contributed by atoms with Crippen LogP contribution in [0.4, 0.5) is 0 Å². The second-order valence-corrected chi connectivity index (χ2v) is 8.87. The van der Waals surface area contributed by atoms with E-state index < -0.39 is 0 Å². The van der Waals surface area contributed by atoms with Gasteiger partial charge in [0.1, 0.15) is 0 Å². The van der Waals surface area contributed by atoms with E-state index in [1.165, 1.54) is 5.56 Å². The Labute approximate surface area is 147 Å². The molecule has 0 spiro atoms. The van der Waals surface area contributed by atoms with E-state index in [0.29, 0.717) is 0 Å². The molecule has 0 aliphatic carbocycles. The molecule has 2 nitrogen and oxygen atoms in total. The lowest BCUT2D eigenvalue weighted by atomic mass is 10.0. The van der Waals surface area contributed by atoms with Gasteiger partial charge in [0, 0.05) is 0 Å². The van der Waals surface area contributed by atoms with Gasteiger partial charge in [-0.25, -0.2) is 0 Å². The van der Waals surface area contributed by atoms with Gasteiger partial charge in [-0.2, -0.15) is 0 Å². The van der Waals surface area contributed by atoms with Gasteiger partial charge < -0.3 is 9.47 Å². The Morgan fingerprint density at radius 3 is 2.10 bits per heavy atom. The maximum absolute atomic E-state index is 5.39. The molecule has 1 aromatic carbocycles. The first-order valence-corrected chi connectivity index (χ1v) is 9.11. The van der Waals surface area contributed by atoms with Crippen molar-refractivity contribution in [3.63, 3.8) is 0 Å². The monoisotopic (exact) mass is 482 g/mol. The van der Waals surface area contributed by atoms with Crippen molar-refractivity contribution in [1.82, 2.24) is 0 Å². The summed E-state index contributed by atoms with van der Waals surface area (Å²) in [7, 11) is 3.30. The molecule has 1 heterocycles. The molecule has 0 aliphatic rings. The summed E-state index contributed by atoms with van der Waals surface area (Å²) >= 11 is 12.6. The minimum absolute atomic E-state index is 0.0965. The lowest BCUT2D eigenvalue weighted by Crippen LogP contribution is -1.99. The van der Waals surface area contributed by atoms with Crippen LogP contribution in [-0.2, 0) is 0 Å². The molecule has 0 saturated carbocycles. The van der Waals surface area contributed by atoms with Crippen LogP contribution in [0.1, 0.15) is 21.5 Å². The minimum Gasteiger partial charge on any atom is -0.493 e. The minimum atomic E-state index is 0.0965. The number of alkyl halides is 1. The summed E-state index contributed by atoms with van der Waals surface area (Å²) in [4.78, 5) is 0.0965. The highest BCUT2D eigenvalue weighted by Crippen LogP contribution is 2.44. The van der Waals surface area contributed by atoms with Crippen molar-refractivity contribution >= 4 is 59.1 Å². The van der Waals surface area contributed by atoms with Crippen molar-refractivity contribution < 1.29 is 9.47 Å². The lowest BCUT2D eigenvalue weighted by Gasteiger charge is -2.16. The first-order chi connectivity index (χ1) is 9.47. The number of hydrogen-bond donors (Lipinski definition) is 0. The first-order valence-electron chi connectivity index (χ1n) is 5.79. The molecular formula is C14H13Br3O2S. The van der Waals surface area contributed by atoms with Crippen molar-refractivity contribution in [3.05, 3.63) is 42.5 Å². The second-order valence-electron chi connectivity index (χ2n) is 4.21. The molecule has 2 aromatic rings. The fourth-order valence-electron chi connectivity index (χ4n) is 1.96. The molecule has 1 aromatic heterocycles. The van der Waals surface area contributed by atoms with Gasteiger partial charge in [-0.1, -0.05) is 15.9 Å². The molecule has 0 bridgehead atoms. The van der Waals surface area contributed by atoms with Crippen LogP contribution in [0.2, 0.25) is 0 Å². The normalized spacial score (nSPS) is 12.3. The number of ether oxygens (including phenoxy) is 2. The molecule has 1 atom stereocenters. The molecule has 108 valence electrons. The van der Waals surface area contributed by atoms with Crippen LogP contribution in [0.15, 0.2) is 25.8 Å². The third kappa shape index (κ3) is 3.24. The zero-order chi connectivity index (χ0) is 14.9. The van der Waals surface area contributed by atoms with Crippen LogP contribution in [0, 0.1) is 6.92 Å². The third-order valence-corrected chi connectivity index (χ3v) is 6.37. The summed E-state index contributed by atoms with van der Waals surface area (Å²) < 4.78 is 12.9. The Bertz CT molecular complexity index is 625. The van der Waals surface area contributed by atoms with Crippen molar-refractivity contribution in [2.45, 2.75) is 11.8 Å². The standard InChI is InChI=1S/C14H13Br3O2S/c1-7-4-10(18-2)11(19-3)5-8(7)13(16)9-6-12(15)20-14(9)17/h4-6,13H,1-3H3. The first kappa shape index (κ1) is 16.3. The highest BCUT2D eigenvalue weighted by Gasteiger charge is 2.20. The van der Waals surface area contributed by atoms with Gasteiger partial charge in [0.25, 0.3) is 0 Å². The van der Waals surface area contributed by atoms with Gasteiger partial charge in [0.15, 0.2) is 11.5 Å². The third-order valence-electron chi connectivity index (χ3n) is 3.00. The number of benzene rings is 1. The Morgan fingerprint density at radius 1 is 1.00 bits per heavy atom. The Balaban J connectivity index is 2.49. The summed E-state index contributed by atoms with van der Waals surface area (Å²) in [6, 6.07) is 6.13. The number of rotatable bonds is 4. The summed E-state index contributed by atoms with van der Waals surface area (Å²) in [6.07, 6.45) is 0. The van der Waals surface area contributed by atoms with Crippen LogP contribution < -0.4 is 9.47 Å². The molecule has 0 radical (unpaired) electrons. The Morgan fingerprint density at radius 2 is 1.60 bits per heavy atom. The summed E-state index contributed by atoms with van der Waals surface area (Å²) in [5, 5.41) is 0. The summed E-state index contributed by atoms with van der Waals surface area (Å²) in [5.74, 6) is 1.49. The molecule has 20 heavy (non-hydrogen) atoms. The number of hydrogen-bond acceptors (Lipinski definition) is 3. The fourth-order valence-corrected chi connectivity index (χ4v) is 6.18. The van der Waals surface area contributed by atoms with Crippen LogP contribution in [-0.4, -0.2) is 14.2 Å². The molecule has 6 heteroatoms. The molecule has 2 rings (SSSR count). The van der Waals surface area contributed by atoms with Crippen LogP contribution in [0.3, 0.4) is 0 Å². The van der Waals surface area contributed by atoms with Gasteiger partial charge in [-0.3, -0.25) is 0 Å². The van der Waals surface area contributed by atoms with Crippen LogP contribution in [0.5, 0.6) is 11.5 Å². The number of thiophene rings is 1. The predicted molar refractivity (Wildman–Crippen MR) is 94.8 cm³/mol. The smallest absolute Gasteiger partial charge is 0.161 e. The van der Waals surface area contributed by atoms with E-state index in [2.05, 4.69) is 60.8 Å². The second kappa shape index (κ2) is 6.81. The molecular weight excluding hydrogens is 472 g/mol. The van der Waals surface area contributed by atoms with Crippen LogP contribution in [0.25, 0.3) is 0 Å². The zero-order valence-electron chi connectivity index (χ0n) is 11.2. The van der Waals surface area contributed by atoms with Gasteiger partial charge in [0.05, 0.1) is 26.6 Å². The maximum atomic E-state index is 5.39. The largest absolute Gasteiger partial charge is 0.493 e. The van der Waals surface area contributed by atoms with Crippen molar-refractivity contribution in [2.24, 2.45) is 0 Å². The topological polar surface area (TPSA) is 18.5 Å².